The zero-order valence-corrected chi connectivity index (χ0v) is 10.6. The van der Waals surface area contributed by atoms with E-state index in [1.54, 1.807) is 0 Å². The third-order valence-corrected chi connectivity index (χ3v) is 3.32. The van der Waals surface area contributed by atoms with E-state index in [2.05, 4.69) is 32.6 Å². The molecule has 3 nitrogen and oxygen atoms in total. The molecule has 0 aromatic carbocycles. The van der Waals surface area contributed by atoms with Gasteiger partial charge < -0.3 is 4.74 Å². The minimum Gasteiger partial charge on any atom is -0.468 e. The minimum absolute atomic E-state index is 0.401. The molecule has 15 heavy (non-hydrogen) atoms. The van der Waals surface area contributed by atoms with Crippen molar-refractivity contribution >= 4 is 28.6 Å². The van der Waals surface area contributed by atoms with Crippen molar-refractivity contribution in [2.45, 2.75) is 30.7 Å². The SMILES string of the molecule is COC(=O)[C@]1(CCCI)CC(F)(F)CN1. The summed E-state index contributed by atoms with van der Waals surface area (Å²) in [6, 6.07) is 0. The van der Waals surface area contributed by atoms with E-state index in [9.17, 15) is 13.6 Å². The molecule has 0 amide bonds. The molecule has 88 valence electrons. The second-order valence-electron chi connectivity index (χ2n) is 3.75. The summed E-state index contributed by atoms with van der Waals surface area (Å²) in [6.45, 7) is -0.441. The summed E-state index contributed by atoms with van der Waals surface area (Å²) < 4.78 is 31.6. The lowest BCUT2D eigenvalue weighted by Crippen LogP contribution is -2.48. The van der Waals surface area contributed by atoms with Crippen LogP contribution in [0.3, 0.4) is 0 Å². The molecule has 6 heteroatoms. The number of ether oxygens (including phenoxy) is 1. The van der Waals surface area contributed by atoms with Gasteiger partial charge in [-0.15, -0.1) is 0 Å². The minimum atomic E-state index is -2.81. The van der Waals surface area contributed by atoms with E-state index in [-0.39, 0.29) is 0 Å². The van der Waals surface area contributed by atoms with Crippen LogP contribution < -0.4 is 5.32 Å². The predicted octanol–water partition coefficient (Wildman–Crippen LogP) is 1.74. The smallest absolute Gasteiger partial charge is 0.326 e. The number of methoxy groups -OCH3 is 1. The Hall–Kier alpha value is 0.0200. The van der Waals surface area contributed by atoms with Gasteiger partial charge in [0.15, 0.2) is 0 Å². The van der Waals surface area contributed by atoms with Gasteiger partial charge >= 0.3 is 5.97 Å². The molecule has 0 radical (unpaired) electrons. The van der Waals surface area contributed by atoms with Crippen LogP contribution >= 0.6 is 22.6 Å². The van der Waals surface area contributed by atoms with Gasteiger partial charge in [0.1, 0.15) is 5.54 Å². The quantitative estimate of drug-likeness (QED) is 0.484. The van der Waals surface area contributed by atoms with E-state index < -0.39 is 30.4 Å². The third kappa shape index (κ3) is 2.99. The number of nitrogens with one attached hydrogen (secondary N) is 1. The molecule has 1 rings (SSSR count). The molecule has 0 aromatic heterocycles. The largest absolute Gasteiger partial charge is 0.468 e. The van der Waals surface area contributed by atoms with Crippen LogP contribution in [0.5, 0.6) is 0 Å². The zero-order valence-electron chi connectivity index (χ0n) is 8.49. The second kappa shape index (κ2) is 4.90. The summed E-state index contributed by atoms with van der Waals surface area (Å²) in [7, 11) is 1.23. The molecule has 1 heterocycles. The van der Waals surface area contributed by atoms with Crippen molar-refractivity contribution in [1.29, 1.82) is 0 Å². The van der Waals surface area contributed by atoms with Gasteiger partial charge in [0.25, 0.3) is 5.92 Å². The van der Waals surface area contributed by atoms with Crippen LogP contribution in [-0.2, 0) is 9.53 Å². The van der Waals surface area contributed by atoms with Crippen molar-refractivity contribution in [3.8, 4) is 0 Å². The van der Waals surface area contributed by atoms with E-state index >= 15 is 0 Å². The molecule has 1 N–H and O–H groups in total. The summed E-state index contributed by atoms with van der Waals surface area (Å²) in [5.41, 5.74) is -1.18. The third-order valence-electron chi connectivity index (χ3n) is 2.56. The molecule has 0 bridgehead atoms. The lowest BCUT2D eigenvalue weighted by molar-refractivity contribution is -0.149. The second-order valence-corrected chi connectivity index (χ2v) is 4.83. The molecule has 0 aromatic rings. The van der Waals surface area contributed by atoms with E-state index in [0.29, 0.717) is 6.42 Å². The molecule has 0 unspecified atom stereocenters. The number of rotatable bonds is 4. The molecular formula is C9H14F2INO2. The van der Waals surface area contributed by atoms with Gasteiger partial charge in [-0.05, 0) is 17.3 Å². The summed E-state index contributed by atoms with van der Waals surface area (Å²) in [4.78, 5) is 11.5. The number of hydrogen-bond acceptors (Lipinski definition) is 3. The van der Waals surface area contributed by atoms with Gasteiger partial charge in [0, 0.05) is 6.42 Å². The van der Waals surface area contributed by atoms with E-state index in [1.165, 1.54) is 7.11 Å². The Bertz CT molecular complexity index is 250. The number of carbonyl (C=O) groups is 1. The van der Waals surface area contributed by atoms with Gasteiger partial charge in [0.05, 0.1) is 13.7 Å². The van der Waals surface area contributed by atoms with Crippen LogP contribution in [0.15, 0.2) is 0 Å². The fourth-order valence-electron chi connectivity index (χ4n) is 1.85. The van der Waals surface area contributed by atoms with Crippen molar-refractivity contribution in [1.82, 2.24) is 5.32 Å². The van der Waals surface area contributed by atoms with Crippen molar-refractivity contribution in [2.24, 2.45) is 0 Å². The summed E-state index contributed by atoms with van der Waals surface area (Å²) in [5.74, 6) is -3.39. The van der Waals surface area contributed by atoms with E-state index in [4.69, 9.17) is 0 Å². The van der Waals surface area contributed by atoms with Gasteiger partial charge in [-0.25, -0.2) is 8.78 Å². The normalized spacial score (nSPS) is 29.1. The molecule has 0 saturated carbocycles. The molecule has 1 saturated heterocycles. The highest BCUT2D eigenvalue weighted by atomic mass is 127. The van der Waals surface area contributed by atoms with Crippen LogP contribution in [0, 0.1) is 0 Å². The lowest BCUT2D eigenvalue weighted by atomic mass is 9.91. The van der Waals surface area contributed by atoms with Crippen LogP contribution in [-0.4, -0.2) is 35.5 Å². The highest BCUT2D eigenvalue weighted by molar-refractivity contribution is 14.1. The fraction of sp³-hybridized carbons (Fsp3) is 0.889. The topological polar surface area (TPSA) is 38.3 Å². The summed E-state index contributed by atoms with van der Waals surface area (Å²) >= 11 is 2.16. The highest BCUT2D eigenvalue weighted by Crippen LogP contribution is 2.36. The van der Waals surface area contributed by atoms with Crippen LogP contribution in [0.4, 0.5) is 8.78 Å². The molecule has 1 atom stereocenters. The van der Waals surface area contributed by atoms with E-state index in [1.807, 2.05) is 0 Å². The Labute approximate surface area is 101 Å². The first kappa shape index (κ1) is 13.1. The first-order valence-electron chi connectivity index (χ1n) is 4.73. The lowest BCUT2D eigenvalue weighted by Gasteiger charge is -2.25. The number of carbonyl (C=O) groups excluding carboxylic acids is 1. The maximum atomic E-state index is 13.1. The predicted molar refractivity (Wildman–Crippen MR) is 60.4 cm³/mol. The Morgan fingerprint density at radius 2 is 2.27 bits per heavy atom. The van der Waals surface area contributed by atoms with Gasteiger partial charge in [-0.3, -0.25) is 10.1 Å². The first-order chi connectivity index (χ1) is 6.96. The Kier molecular flexibility index (Phi) is 4.28. The summed E-state index contributed by atoms with van der Waals surface area (Å²) in [5, 5.41) is 2.62. The average Bonchev–Trinajstić information content (AvgIpc) is 2.51. The monoisotopic (exact) mass is 333 g/mol. The number of alkyl halides is 3. The average molecular weight is 333 g/mol. The number of halogens is 3. The Balaban J connectivity index is 2.75. The van der Waals surface area contributed by atoms with Crippen molar-refractivity contribution in [2.75, 3.05) is 18.1 Å². The Morgan fingerprint density at radius 3 is 2.67 bits per heavy atom. The van der Waals surface area contributed by atoms with Crippen LogP contribution in [0.25, 0.3) is 0 Å². The van der Waals surface area contributed by atoms with Crippen molar-refractivity contribution in [3.05, 3.63) is 0 Å². The zero-order chi connectivity index (χ0) is 11.5. The van der Waals surface area contributed by atoms with E-state index in [0.717, 1.165) is 10.8 Å². The first-order valence-corrected chi connectivity index (χ1v) is 6.26. The standard InChI is InChI=1S/C9H14F2INO2/c1-15-7(14)8(3-2-4-12)5-9(10,11)6-13-8/h13H,2-6H2,1H3/t8-/m0/s1. The van der Waals surface area contributed by atoms with Gasteiger partial charge in [-0.2, -0.15) is 0 Å². The molecule has 0 aliphatic carbocycles. The molecule has 1 fully saturated rings. The Morgan fingerprint density at radius 1 is 1.60 bits per heavy atom. The maximum absolute atomic E-state index is 13.1. The summed E-state index contributed by atoms with van der Waals surface area (Å²) in [6.07, 6.45) is 0.667. The molecule has 1 aliphatic rings. The van der Waals surface area contributed by atoms with Crippen LogP contribution in [0.2, 0.25) is 0 Å². The van der Waals surface area contributed by atoms with Gasteiger partial charge in [0.2, 0.25) is 0 Å². The number of hydrogen-bond donors (Lipinski definition) is 1. The van der Waals surface area contributed by atoms with Gasteiger partial charge in [-0.1, -0.05) is 22.6 Å². The highest BCUT2D eigenvalue weighted by Gasteiger charge is 2.53. The molecule has 1 aliphatic heterocycles. The maximum Gasteiger partial charge on any atom is 0.326 e. The number of esters is 1. The van der Waals surface area contributed by atoms with Crippen molar-refractivity contribution in [3.63, 3.8) is 0 Å². The molecular weight excluding hydrogens is 319 g/mol. The fourth-order valence-corrected chi connectivity index (χ4v) is 2.23. The van der Waals surface area contributed by atoms with Crippen LogP contribution in [0.1, 0.15) is 19.3 Å². The van der Waals surface area contributed by atoms with Crippen molar-refractivity contribution < 1.29 is 18.3 Å². The molecule has 0 spiro atoms.